The van der Waals surface area contributed by atoms with Crippen LogP contribution in [0.4, 0.5) is 0 Å². The lowest BCUT2D eigenvalue weighted by Crippen LogP contribution is -2.27. The molecule has 0 aromatic carbocycles. The molecule has 15 heavy (non-hydrogen) atoms. The number of carbonyl (C=O) groups is 2. The molecule has 0 aromatic heterocycles. The van der Waals surface area contributed by atoms with Gasteiger partial charge in [-0.2, -0.15) is 0 Å². The SMILES string of the molecule is COC(=O)C1=C(C(=O)O)[C@@H]2O[C@H]1[C@H]1O[C@H]12. The minimum absolute atomic E-state index is 0.00870. The van der Waals surface area contributed by atoms with Crippen molar-refractivity contribution in [1.82, 2.24) is 0 Å². The molecule has 0 aliphatic carbocycles. The summed E-state index contributed by atoms with van der Waals surface area (Å²) in [5.41, 5.74) is 0.0966. The van der Waals surface area contributed by atoms with Crippen molar-refractivity contribution in [2.45, 2.75) is 24.4 Å². The molecule has 0 aromatic rings. The van der Waals surface area contributed by atoms with Crippen LogP contribution in [-0.2, 0) is 23.8 Å². The Bertz CT molecular complexity index is 397. The number of carboxylic acid groups (broad SMARTS) is 1. The second-order valence-electron chi connectivity index (χ2n) is 3.67. The summed E-state index contributed by atoms with van der Waals surface area (Å²) in [5, 5.41) is 8.99. The average Bonchev–Trinajstić information content (AvgIpc) is 2.83. The molecule has 0 spiro atoms. The smallest absolute Gasteiger partial charge is 0.337 e. The van der Waals surface area contributed by atoms with Crippen LogP contribution in [-0.4, -0.2) is 48.6 Å². The first-order valence-corrected chi connectivity index (χ1v) is 4.51. The minimum atomic E-state index is -1.14. The van der Waals surface area contributed by atoms with Crippen molar-refractivity contribution >= 4 is 11.9 Å². The topological polar surface area (TPSA) is 85.4 Å². The van der Waals surface area contributed by atoms with Crippen LogP contribution < -0.4 is 0 Å². The highest BCUT2D eigenvalue weighted by molar-refractivity contribution is 6.03. The van der Waals surface area contributed by atoms with Crippen molar-refractivity contribution in [2.24, 2.45) is 0 Å². The van der Waals surface area contributed by atoms with E-state index in [1.165, 1.54) is 7.11 Å². The molecule has 0 amide bonds. The first-order valence-electron chi connectivity index (χ1n) is 4.51. The van der Waals surface area contributed by atoms with Crippen molar-refractivity contribution in [3.63, 3.8) is 0 Å². The third-order valence-corrected chi connectivity index (χ3v) is 2.95. The fourth-order valence-electron chi connectivity index (χ4n) is 2.28. The van der Waals surface area contributed by atoms with Gasteiger partial charge in [-0.25, -0.2) is 9.59 Å². The van der Waals surface area contributed by atoms with Crippen molar-refractivity contribution in [3.8, 4) is 0 Å². The third-order valence-electron chi connectivity index (χ3n) is 2.95. The number of carbonyl (C=O) groups excluding carboxylic acids is 1. The van der Waals surface area contributed by atoms with Gasteiger partial charge in [0.05, 0.1) is 18.3 Å². The van der Waals surface area contributed by atoms with Gasteiger partial charge in [-0.3, -0.25) is 0 Å². The van der Waals surface area contributed by atoms with Crippen molar-refractivity contribution < 1.29 is 28.9 Å². The molecular weight excluding hydrogens is 204 g/mol. The van der Waals surface area contributed by atoms with Gasteiger partial charge in [0.2, 0.25) is 0 Å². The molecule has 80 valence electrons. The number of epoxide rings is 1. The minimum Gasteiger partial charge on any atom is -0.478 e. The molecule has 2 saturated heterocycles. The van der Waals surface area contributed by atoms with Crippen molar-refractivity contribution in [3.05, 3.63) is 11.1 Å². The lowest BCUT2D eigenvalue weighted by atomic mass is 9.92. The molecule has 2 bridgehead atoms. The van der Waals surface area contributed by atoms with Crippen LogP contribution >= 0.6 is 0 Å². The van der Waals surface area contributed by atoms with Gasteiger partial charge in [0.1, 0.15) is 24.4 Å². The van der Waals surface area contributed by atoms with Gasteiger partial charge in [0.15, 0.2) is 0 Å². The van der Waals surface area contributed by atoms with Crippen LogP contribution in [0, 0.1) is 0 Å². The average molecular weight is 212 g/mol. The quantitative estimate of drug-likeness (QED) is 0.471. The van der Waals surface area contributed by atoms with E-state index in [1.807, 2.05) is 0 Å². The van der Waals surface area contributed by atoms with E-state index in [4.69, 9.17) is 14.6 Å². The number of methoxy groups -OCH3 is 1. The van der Waals surface area contributed by atoms with E-state index in [0.717, 1.165) is 0 Å². The van der Waals surface area contributed by atoms with E-state index in [2.05, 4.69) is 4.74 Å². The number of carboxylic acids is 1. The van der Waals surface area contributed by atoms with Crippen LogP contribution in [0.2, 0.25) is 0 Å². The Morgan fingerprint density at radius 2 is 1.80 bits per heavy atom. The van der Waals surface area contributed by atoms with E-state index >= 15 is 0 Å². The van der Waals surface area contributed by atoms with E-state index < -0.39 is 24.1 Å². The van der Waals surface area contributed by atoms with Gasteiger partial charge < -0.3 is 19.3 Å². The molecule has 0 radical (unpaired) electrons. The fourth-order valence-corrected chi connectivity index (χ4v) is 2.28. The number of rotatable bonds is 2. The van der Waals surface area contributed by atoms with Crippen LogP contribution in [0.1, 0.15) is 0 Å². The van der Waals surface area contributed by atoms with Gasteiger partial charge in [0, 0.05) is 0 Å². The summed E-state index contributed by atoms with van der Waals surface area (Å²) in [6.07, 6.45) is -1.51. The molecule has 3 heterocycles. The van der Waals surface area contributed by atoms with Gasteiger partial charge in [-0.15, -0.1) is 0 Å². The highest BCUT2D eigenvalue weighted by Gasteiger charge is 2.67. The Hall–Kier alpha value is -1.40. The predicted molar refractivity (Wildman–Crippen MR) is 44.0 cm³/mol. The van der Waals surface area contributed by atoms with E-state index in [-0.39, 0.29) is 23.4 Å². The summed E-state index contributed by atoms with van der Waals surface area (Å²) in [6, 6.07) is 0. The Labute approximate surface area is 84.4 Å². The predicted octanol–water partition coefficient (Wildman–Crippen LogP) is -0.911. The third kappa shape index (κ3) is 0.950. The molecule has 2 fully saturated rings. The number of fused-ring (bicyclic) bond motifs is 5. The molecule has 3 rings (SSSR count). The lowest BCUT2D eigenvalue weighted by molar-refractivity contribution is -0.138. The maximum absolute atomic E-state index is 11.4. The van der Waals surface area contributed by atoms with E-state index in [1.54, 1.807) is 0 Å². The summed E-state index contributed by atoms with van der Waals surface area (Å²) in [5.74, 6) is -1.79. The summed E-state index contributed by atoms with van der Waals surface area (Å²) in [7, 11) is 1.21. The molecule has 1 N–H and O–H groups in total. The van der Waals surface area contributed by atoms with E-state index in [0.29, 0.717) is 0 Å². The fraction of sp³-hybridized carbons (Fsp3) is 0.556. The number of ether oxygens (including phenoxy) is 3. The van der Waals surface area contributed by atoms with Crippen LogP contribution in [0.25, 0.3) is 0 Å². The zero-order valence-corrected chi connectivity index (χ0v) is 7.80. The molecule has 4 atom stereocenters. The monoisotopic (exact) mass is 212 g/mol. The molecule has 6 nitrogen and oxygen atoms in total. The maximum atomic E-state index is 11.4. The molecular formula is C9H8O6. The molecule has 6 heteroatoms. The summed E-state index contributed by atoms with van der Waals surface area (Å²) in [6.45, 7) is 0. The highest BCUT2D eigenvalue weighted by Crippen LogP contribution is 2.51. The van der Waals surface area contributed by atoms with Crippen molar-refractivity contribution in [1.29, 1.82) is 0 Å². The second kappa shape index (κ2) is 2.59. The van der Waals surface area contributed by atoms with Crippen LogP contribution in [0.3, 0.4) is 0 Å². The normalized spacial score (nSPS) is 40.3. The Balaban J connectivity index is 2.06. The number of aliphatic carboxylic acids is 1. The Kier molecular flexibility index (Phi) is 1.53. The molecule has 3 aliphatic heterocycles. The Morgan fingerprint density at radius 3 is 2.33 bits per heavy atom. The lowest BCUT2D eigenvalue weighted by Gasteiger charge is -2.08. The largest absolute Gasteiger partial charge is 0.478 e. The zero-order chi connectivity index (χ0) is 10.7. The second-order valence-corrected chi connectivity index (χ2v) is 3.67. The van der Waals surface area contributed by atoms with Gasteiger partial charge in [-0.1, -0.05) is 0 Å². The van der Waals surface area contributed by atoms with Gasteiger partial charge >= 0.3 is 11.9 Å². The van der Waals surface area contributed by atoms with Crippen LogP contribution in [0.15, 0.2) is 11.1 Å². The van der Waals surface area contributed by atoms with Gasteiger partial charge in [0.25, 0.3) is 0 Å². The molecule has 0 saturated carbocycles. The summed E-state index contributed by atoms with van der Waals surface area (Å²) < 4.78 is 15.1. The highest BCUT2D eigenvalue weighted by atomic mass is 16.7. The standard InChI is InChI=1S/C9H8O6/c1-13-9(12)3-2(8(10)11)4-6-7(15-6)5(3)14-4/h4-7H,1H3,(H,10,11)/t4-,5+,6-,7+/m0/s1. The summed E-state index contributed by atoms with van der Waals surface area (Å²) in [4.78, 5) is 22.4. The number of hydrogen-bond donors (Lipinski definition) is 1. The summed E-state index contributed by atoms with van der Waals surface area (Å²) >= 11 is 0. The maximum Gasteiger partial charge on any atom is 0.337 e. The van der Waals surface area contributed by atoms with Crippen molar-refractivity contribution in [2.75, 3.05) is 7.11 Å². The molecule has 0 unspecified atom stereocenters. The Morgan fingerprint density at radius 1 is 1.20 bits per heavy atom. The van der Waals surface area contributed by atoms with Crippen LogP contribution in [0.5, 0.6) is 0 Å². The number of esters is 1. The van der Waals surface area contributed by atoms with Gasteiger partial charge in [-0.05, 0) is 0 Å². The van der Waals surface area contributed by atoms with E-state index in [9.17, 15) is 9.59 Å². The first kappa shape index (κ1) is 8.87. The zero-order valence-electron chi connectivity index (χ0n) is 7.80. The molecule has 3 aliphatic rings. The first-order chi connectivity index (χ1) is 7.15. The number of hydrogen-bond acceptors (Lipinski definition) is 5.